The fourth-order valence-corrected chi connectivity index (χ4v) is 4.57. The van der Waals surface area contributed by atoms with Gasteiger partial charge in [0, 0.05) is 34.9 Å². The molecule has 7 heteroatoms. The van der Waals surface area contributed by atoms with Gasteiger partial charge in [0.15, 0.2) is 0 Å². The smallest absolute Gasteiger partial charge is 0.280 e. The van der Waals surface area contributed by atoms with Crippen molar-refractivity contribution in [2.75, 3.05) is 20.8 Å². The molecule has 0 radical (unpaired) electrons. The van der Waals surface area contributed by atoms with Gasteiger partial charge in [-0.3, -0.25) is 14.9 Å². The number of methoxy groups -OCH3 is 2. The molecule has 0 spiro atoms. The number of H-pyrrole nitrogens is 2. The van der Waals surface area contributed by atoms with Crippen LogP contribution in [0.25, 0.3) is 27.8 Å². The number of hydrogen-bond donors (Lipinski definition) is 2. The summed E-state index contributed by atoms with van der Waals surface area (Å²) in [5, 5.41) is 4.53. The molecule has 0 fully saturated rings. The predicted molar refractivity (Wildman–Crippen MR) is 149 cm³/mol. The lowest BCUT2D eigenvalue weighted by atomic mass is 10.0. The van der Waals surface area contributed by atoms with E-state index in [0.29, 0.717) is 29.2 Å². The molecule has 0 amide bonds. The molecule has 0 aliphatic heterocycles. The lowest BCUT2D eigenvalue weighted by molar-refractivity contribution is 0.414. The zero-order valence-corrected chi connectivity index (χ0v) is 21.5. The average molecular weight is 495 g/mol. The molecule has 3 aromatic carbocycles. The second kappa shape index (κ2) is 10.2. The summed E-state index contributed by atoms with van der Waals surface area (Å²) in [6, 6.07) is 21.4. The number of nitrogens with one attached hydrogen (secondary N) is 2. The fourth-order valence-electron chi connectivity index (χ4n) is 4.57. The third kappa shape index (κ3) is 4.80. The van der Waals surface area contributed by atoms with Crippen molar-refractivity contribution >= 4 is 16.6 Å². The first-order valence-electron chi connectivity index (χ1n) is 12.2. The van der Waals surface area contributed by atoms with E-state index < -0.39 is 0 Å². The summed E-state index contributed by atoms with van der Waals surface area (Å²) >= 11 is 0. The van der Waals surface area contributed by atoms with Gasteiger partial charge in [0.25, 0.3) is 5.56 Å². The Balaban J connectivity index is 1.51. The Morgan fingerprint density at radius 1 is 0.946 bits per heavy atom. The van der Waals surface area contributed by atoms with E-state index in [-0.39, 0.29) is 5.56 Å². The Kier molecular flexibility index (Phi) is 6.68. The predicted octanol–water partition coefficient (Wildman–Crippen LogP) is 5.69. The SMILES string of the molecule is COc1ccc(-c2[nH]n(-c3ccc(OC)cc3)c(=O)c2C(C)=NCCc2c[nH]c3ccc(C)cc23)cc1. The van der Waals surface area contributed by atoms with E-state index in [4.69, 9.17) is 14.5 Å². The summed E-state index contributed by atoms with van der Waals surface area (Å²) in [5.41, 5.74) is 6.96. The molecule has 0 aliphatic rings. The number of aromatic nitrogens is 3. The van der Waals surface area contributed by atoms with Gasteiger partial charge >= 0.3 is 0 Å². The van der Waals surface area contributed by atoms with Crippen LogP contribution in [0.3, 0.4) is 0 Å². The summed E-state index contributed by atoms with van der Waals surface area (Å²) in [6.07, 6.45) is 2.82. The van der Waals surface area contributed by atoms with Gasteiger partial charge in [0.05, 0.1) is 31.2 Å². The molecule has 5 rings (SSSR count). The molecule has 37 heavy (non-hydrogen) atoms. The van der Waals surface area contributed by atoms with Crippen LogP contribution >= 0.6 is 0 Å². The van der Waals surface area contributed by atoms with Crippen molar-refractivity contribution in [2.24, 2.45) is 4.99 Å². The first kappa shape index (κ1) is 24.2. The summed E-state index contributed by atoms with van der Waals surface area (Å²) < 4.78 is 12.1. The second-order valence-corrected chi connectivity index (χ2v) is 9.01. The van der Waals surface area contributed by atoms with Gasteiger partial charge in [-0.25, -0.2) is 4.68 Å². The highest BCUT2D eigenvalue weighted by Gasteiger charge is 2.19. The maximum Gasteiger partial charge on any atom is 0.280 e. The number of hydrogen-bond acceptors (Lipinski definition) is 4. The number of aliphatic imine (C=N–C) groups is 1. The number of aryl methyl sites for hydroxylation is 1. The number of ether oxygens (including phenoxy) is 2. The molecule has 0 unspecified atom stereocenters. The molecule has 0 bridgehead atoms. The summed E-state index contributed by atoms with van der Waals surface area (Å²) in [6.45, 7) is 4.57. The molecule has 2 aromatic heterocycles. The second-order valence-electron chi connectivity index (χ2n) is 9.01. The third-order valence-electron chi connectivity index (χ3n) is 6.61. The minimum absolute atomic E-state index is 0.153. The molecule has 7 nitrogen and oxygen atoms in total. The first-order valence-corrected chi connectivity index (χ1v) is 12.2. The standard InChI is InChI=1S/C30H30N4O3/c1-19-5-14-27-26(17-19)22(18-32-27)15-16-31-20(2)28-29(21-6-10-24(36-3)11-7-21)33-34(30(28)35)23-8-12-25(37-4)13-9-23/h5-14,17-18,32-33H,15-16H2,1-4H3. The lowest BCUT2D eigenvalue weighted by Crippen LogP contribution is -2.19. The summed E-state index contributed by atoms with van der Waals surface area (Å²) in [4.78, 5) is 21.9. The third-order valence-corrected chi connectivity index (χ3v) is 6.61. The number of aromatic amines is 2. The number of benzene rings is 3. The lowest BCUT2D eigenvalue weighted by Gasteiger charge is -2.05. The van der Waals surface area contributed by atoms with Crippen LogP contribution in [-0.2, 0) is 6.42 Å². The van der Waals surface area contributed by atoms with Crippen LogP contribution in [0, 0.1) is 6.92 Å². The summed E-state index contributed by atoms with van der Waals surface area (Å²) in [5.74, 6) is 1.48. The Morgan fingerprint density at radius 3 is 2.30 bits per heavy atom. The van der Waals surface area contributed by atoms with Crippen LogP contribution in [0.15, 0.2) is 82.7 Å². The van der Waals surface area contributed by atoms with Crippen molar-refractivity contribution in [1.82, 2.24) is 14.8 Å². The maximum absolute atomic E-state index is 13.7. The molecular formula is C30H30N4O3. The minimum atomic E-state index is -0.153. The molecule has 0 saturated carbocycles. The largest absolute Gasteiger partial charge is 0.497 e. The van der Waals surface area contributed by atoms with Crippen molar-refractivity contribution in [2.45, 2.75) is 20.3 Å². The van der Waals surface area contributed by atoms with E-state index in [2.05, 4.69) is 35.2 Å². The van der Waals surface area contributed by atoms with E-state index in [9.17, 15) is 4.79 Å². The normalized spacial score (nSPS) is 11.7. The number of fused-ring (bicyclic) bond motifs is 1. The van der Waals surface area contributed by atoms with Crippen LogP contribution in [0.4, 0.5) is 0 Å². The quantitative estimate of drug-likeness (QED) is 0.272. The van der Waals surface area contributed by atoms with Gasteiger partial charge in [-0.1, -0.05) is 11.6 Å². The molecule has 0 atom stereocenters. The minimum Gasteiger partial charge on any atom is -0.497 e. The highest BCUT2D eigenvalue weighted by atomic mass is 16.5. The van der Waals surface area contributed by atoms with Crippen molar-refractivity contribution in [3.8, 4) is 28.4 Å². The van der Waals surface area contributed by atoms with Crippen LogP contribution in [0.5, 0.6) is 11.5 Å². The number of rotatable bonds is 8. The van der Waals surface area contributed by atoms with Crippen LogP contribution in [0.2, 0.25) is 0 Å². The monoisotopic (exact) mass is 494 g/mol. The van der Waals surface area contributed by atoms with Gasteiger partial charge < -0.3 is 14.5 Å². The van der Waals surface area contributed by atoms with Crippen molar-refractivity contribution < 1.29 is 9.47 Å². The van der Waals surface area contributed by atoms with Gasteiger partial charge in [-0.15, -0.1) is 0 Å². The average Bonchev–Trinajstić information content (AvgIpc) is 3.49. The molecule has 5 aromatic rings. The number of nitrogens with zero attached hydrogens (tertiary/aromatic N) is 2. The molecule has 0 saturated heterocycles. The van der Waals surface area contributed by atoms with Crippen LogP contribution < -0.4 is 15.0 Å². The van der Waals surface area contributed by atoms with Gasteiger partial charge in [-0.05, 0) is 86.5 Å². The highest BCUT2D eigenvalue weighted by molar-refractivity contribution is 6.03. The van der Waals surface area contributed by atoms with Gasteiger partial charge in [0.2, 0.25) is 0 Å². The Morgan fingerprint density at radius 2 is 1.62 bits per heavy atom. The molecule has 2 heterocycles. The first-order chi connectivity index (χ1) is 18.0. The molecule has 0 aliphatic carbocycles. The van der Waals surface area contributed by atoms with Crippen molar-refractivity contribution in [3.05, 3.63) is 100.0 Å². The molecule has 2 N–H and O–H groups in total. The highest BCUT2D eigenvalue weighted by Crippen LogP contribution is 2.25. The van der Waals surface area contributed by atoms with Crippen molar-refractivity contribution in [1.29, 1.82) is 0 Å². The maximum atomic E-state index is 13.7. The molecular weight excluding hydrogens is 464 g/mol. The molecule has 188 valence electrons. The van der Waals surface area contributed by atoms with Gasteiger partial charge in [0.1, 0.15) is 11.5 Å². The Bertz CT molecular complexity index is 1620. The van der Waals surface area contributed by atoms with E-state index in [1.807, 2.05) is 61.7 Å². The van der Waals surface area contributed by atoms with E-state index >= 15 is 0 Å². The van der Waals surface area contributed by atoms with Crippen LogP contribution in [0.1, 0.15) is 23.6 Å². The zero-order valence-electron chi connectivity index (χ0n) is 21.5. The van der Waals surface area contributed by atoms with Crippen molar-refractivity contribution in [3.63, 3.8) is 0 Å². The topological polar surface area (TPSA) is 84.4 Å². The zero-order chi connectivity index (χ0) is 25.9. The van der Waals surface area contributed by atoms with E-state index in [1.54, 1.807) is 18.9 Å². The van der Waals surface area contributed by atoms with E-state index in [0.717, 1.165) is 29.0 Å². The van der Waals surface area contributed by atoms with E-state index in [1.165, 1.54) is 16.5 Å². The van der Waals surface area contributed by atoms with Gasteiger partial charge in [-0.2, -0.15) is 0 Å². The fraction of sp³-hybridized carbons (Fsp3) is 0.200. The Hall–Kier alpha value is -4.52. The van der Waals surface area contributed by atoms with Crippen LogP contribution in [-0.4, -0.2) is 41.2 Å². The Labute approximate surface area is 215 Å². The summed E-state index contributed by atoms with van der Waals surface area (Å²) in [7, 11) is 3.25.